The van der Waals surface area contributed by atoms with E-state index in [9.17, 15) is 15.2 Å². The summed E-state index contributed by atoms with van der Waals surface area (Å²) in [5, 5.41) is 20.3. The largest absolute Gasteiger partial charge is 0.507 e. The van der Waals surface area contributed by atoms with E-state index in [1.54, 1.807) is 0 Å². The zero-order valence-electron chi connectivity index (χ0n) is 9.65. The van der Waals surface area contributed by atoms with Crippen LogP contribution >= 0.6 is 22.6 Å². The topological polar surface area (TPSA) is 75.7 Å². The fraction of sp³-hybridized carbons (Fsp3) is 0. The van der Waals surface area contributed by atoms with Crippen molar-refractivity contribution in [1.82, 2.24) is 0 Å². The predicted molar refractivity (Wildman–Crippen MR) is 81.2 cm³/mol. The minimum Gasteiger partial charge on any atom is -0.507 e. The van der Waals surface area contributed by atoms with Crippen LogP contribution in [0.3, 0.4) is 0 Å². The maximum absolute atomic E-state index is 10.7. The first-order valence-corrected chi connectivity index (χ1v) is 6.42. The van der Waals surface area contributed by atoms with E-state index >= 15 is 0 Å². The predicted octanol–water partition coefficient (Wildman–Crippen LogP) is 3.66. The van der Waals surface area contributed by atoms with Gasteiger partial charge in [0.1, 0.15) is 5.75 Å². The summed E-state index contributed by atoms with van der Waals surface area (Å²) in [7, 11) is 0. The molecule has 0 atom stereocenters. The lowest BCUT2D eigenvalue weighted by Gasteiger charge is -2.00. The average molecular weight is 368 g/mol. The molecule has 0 aliphatic carbocycles. The number of halogens is 1. The second kappa shape index (κ2) is 5.79. The van der Waals surface area contributed by atoms with Crippen molar-refractivity contribution in [1.29, 1.82) is 0 Å². The number of phenols is 1. The molecule has 0 heterocycles. The lowest BCUT2D eigenvalue weighted by atomic mass is 10.2. The standard InChI is InChI=1S/C13H9IN2O3/c14-11-3-1-2-4-12(11)15-8-9-7-10(16(18)19)5-6-13(9)17/h1-8,17H. The monoisotopic (exact) mass is 368 g/mol. The quantitative estimate of drug-likeness (QED) is 0.389. The van der Waals surface area contributed by atoms with Crippen molar-refractivity contribution in [2.24, 2.45) is 4.99 Å². The molecular formula is C13H9IN2O3. The van der Waals surface area contributed by atoms with E-state index in [1.165, 1.54) is 24.4 Å². The van der Waals surface area contributed by atoms with Gasteiger partial charge in [-0.2, -0.15) is 0 Å². The third-order valence-electron chi connectivity index (χ3n) is 2.42. The zero-order valence-corrected chi connectivity index (χ0v) is 11.8. The molecule has 0 fully saturated rings. The Morgan fingerprint density at radius 3 is 2.68 bits per heavy atom. The molecule has 2 rings (SSSR count). The number of nitro groups is 1. The summed E-state index contributed by atoms with van der Waals surface area (Å²) in [6.45, 7) is 0. The molecule has 0 unspecified atom stereocenters. The summed E-state index contributed by atoms with van der Waals surface area (Å²) in [5.74, 6) is -0.0414. The van der Waals surface area contributed by atoms with E-state index in [2.05, 4.69) is 27.6 Å². The van der Waals surface area contributed by atoms with Crippen molar-refractivity contribution in [3.05, 3.63) is 61.7 Å². The highest BCUT2D eigenvalue weighted by Gasteiger charge is 2.08. The Balaban J connectivity index is 2.35. The van der Waals surface area contributed by atoms with Gasteiger partial charge >= 0.3 is 0 Å². The van der Waals surface area contributed by atoms with E-state index in [0.29, 0.717) is 5.56 Å². The van der Waals surface area contributed by atoms with Crippen molar-refractivity contribution < 1.29 is 10.0 Å². The molecule has 0 amide bonds. The maximum atomic E-state index is 10.7. The summed E-state index contributed by atoms with van der Waals surface area (Å²) in [6.07, 6.45) is 1.42. The van der Waals surface area contributed by atoms with Crippen LogP contribution in [0.25, 0.3) is 0 Å². The molecule has 5 nitrogen and oxygen atoms in total. The van der Waals surface area contributed by atoms with Gasteiger partial charge in [0, 0.05) is 27.5 Å². The average Bonchev–Trinajstić information content (AvgIpc) is 2.39. The number of benzene rings is 2. The number of nitro benzene ring substituents is 1. The fourth-order valence-electron chi connectivity index (χ4n) is 1.45. The molecule has 1 N–H and O–H groups in total. The van der Waals surface area contributed by atoms with E-state index in [-0.39, 0.29) is 11.4 Å². The maximum Gasteiger partial charge on any atom is 0.270 e. The van der Waals surface area contributed by atoms with E-state index < -0.39 is 4.92 Å². The summed E-state index contributed by atoms with van der Waals surface area (Å²) < 4.78 is 0.960. The third kappa shape index (κ3) is 3.28. The van der Waals surface area contributed by atoms with Gasteiger partial charge in [-0.1, -0.05) is 12.1 Å². The highest BCUT2D eigenvalue weighted by atomic mass is 127. The second-order valence-electron chi connectivity index (χ2n) is 3.71. The highest BCUT2D eigenvalue weighted by Crippen LogP contribution is 2.24. The van der Waals surface area contributed by atoms with Crippen LogP contribution in [0.1, 0.15) is 5.56 Å². The Kier molecular flexibility index (Phi) is 4.10. The summed E-state index contributed by atoms with van der Waals surface area (Å²) in [4.78, 5) is 14.4. The van der Waals surface area contributed by atoms with E-state index in [0.717, 1.165) is 9.26 Å². The first kappa shape index (κ1) is 13.5. The number of rotatable bonds is 3. The van der Waals surface area contributed by atoms with Gasteiger partial charge in [-0.15, -0.1) is 0 Å². The molecule has 0 aliphatic rings. The van der Waals surface area contributed by atoms with Crippen LogP contribution in [0.5, 0.6) is 5.75 Å². The Labute approximate surface area is 122 Å². The molecule has 19 heavy (non-hydrogen) atoms. The number of hydrogen-bond donors (Lipinski definition) is 1. The minimum absolute atomic E-state index is 0.0414. The molecule has 2 aromatic rings. The molecule has 0 saturated heterocycles. The molecule has 0 aromatic heterocycles. The van der Waals surface area contributed by atoms with Crippen LogP contribution in [0.4, 0.5) is 11.4 Å². The first-order valence-electron chi connectivity index (χ1n) is 5.34. The molecule has 6 heteroatoms. The van der Waals surface area contributed by atoms with Gasteiger partial charge in [0.2, 0.25) is 0 Å². The number of phenolic OH excluding ortho intramolecular Hbond substituents is 1. The Morgan fingerprint density at radius 1 is 1.26 bits per heavy atom. The van der Waals surface area contributed by atoms with Crippen molar-refractivity contribution >= 4 is 40.2 Å². The number of nitrogens with zero attached hydrogens (tertiary/aromatic N) is 2. The zero-order chi connectivity index (χ0) is 13.8. The summed E-state index contributed by atoms with van der Waals surface area (Å²) in [5.41, 5.74) is 0.977. The summed E-state index contributed by atoms with van der Waals surface area (Å²) in [6, 6.07) is 11.3. The van der Waals surface area contributed by atoms with Crippen LogP contribution < -0.4 is 0 Å². The molecule has 0 aliphatic heterocycles. The number of hydrogen-bond acceptors (Lipinski definition) is 4. The molecule has 0 spiro atoms. The van der Waals surface area contributed by atoms with Crippen LogP contribution in [0, 0.1) is 13.7 Å². The molecule has 0 radical (unpaired) electrons. The van der Waals surface area contributed by atoms with Crippen molar-refractivity contribution in [3.8, 4) is 5.75 Å². The lowest BCUT2D eigenvalue weighted by Crippen LogP contribution is -1.90. The number of para-hydroxylation sites is 1. The van der Waals surface area contributed by atoms with E-state index in [1.807, 2.05) is 24.3 Å². The van der Waals surface area contributed by atoms with E-state index in [4.69, 9.17) is 0 Å². The van der Waals surface area contributed by atoms with Gasteiger partial charge in [-0.25, -0.2) is 0 Å². The minimum atomic E-state index is -0.511. The summed E-state index contributed by atoms with van der Waals surface area (Å²) >= 11 is 2.14. The first-order chi connectivity index (χ1) is 9.08. The van der Waals surface area contributed by atoms with Gasteiger partial charge in [0.25, 0.3) is 5.69 Å². The molecular weight excluding hydrogens is 359 g/mol. The second-order valence-corrected chi connectivity index (χ2v) is 4.87. The van der Waals surface area contributed by atoms with Crippen molar-refractivity contribution in [2.75, 3.05) is 0 Å². The SMILES string of the molecule is O=[N+]([O-])c1ccc(O)c(C=Nc2ccccc2I)c1. The molecule has 0 saturated carbocycles. The molecule has 96 valence electrons. The van der Waals surface area contributed by atoms with Gasteiger partial charge in [0.15, 0.2) is 0 Å². The Hall–Kier alpha value is -1.96. The lowest BCUT2D eigenvalue weighted by molar-refractivity contribution is -0.384. The Morgan fingerprint density at radius 2 is 2.00 bits per heavy atom. The van der Waals surface area contributed by atoms with Gasteiger partial charge < -0.3 is 5.11 Å². The number of aliphatic imine (C=N–C) groups is 1. The Bertz CT molecular complexity index is 656. The van der Waals surface area contributed by atoms with Gasteiger partial charge in [0.05, 0.1) is 10.6 Å². The van der Waals surface area contributed by atoms with Crippen molar-refractivity contribution in [3.63, 3.8) is 0 Å². The smallest absolute Gasteiger partial charge is 0.270 e. The molecule has 2 aromatic carbocycles. The number of non-ortho nitro benzene ring substituents is 1. The highest BCUT2D eigenvalue weighted by molar-refractivity contribution is 14.1. The van der Waals surface area contributed by atoms with Crippen LogP contribution in [-0.4, -0.2) is 16.2 Å². The number of aromatic hydroxyl groups is 1. The van der Waals surface area contributed by atoms with Crippen LogP contribution in [0.15, 0.2) is 47.5 Å². The third-order valence-corrected chi connectivity index (χ3v) is 3.33. The van der Waals surface area contributed by atoms with Crippen LogP contribution in [0.2, 0.25) is 0 Å². The van der Waals surface area contributed by atoms with Gasteiger partial charge in [-0.3, -0.25) is 15.1 Å². The molecule has 0 bridgehead atoms. The fourth-order valence-corrected chi connectivity index (χ4v) is 1.98. The van der Waals surface area contributed by atoms with Crippen LogP contribution in [-0.2, 0) is 0 Å². The van der Waals surface area contributed by atoms with Crippen molar-refractivity contribution in [2.45, 2.75) is 0 Å². The normalized spacial score (nSPS) is 10.8. The van der Waals surface area contributed by atoms with Gasteiger partial charge in [-0.05, 0) is 40.8 Å².